The molecule has 1 aromatic rings. The van der Waals surface area contributed by atoms with Crippen molar-refractivity contribution >= 4 is 17.6 Å². The molecule has 0 aliphatic carbocycles. The highest BCUT2D eigenvalue weighted by molar-refractivity contribution is 6.30. The first kappa shape index (κ1) is 13.0. The molecule has 1 aliphatic rings. The summed E-state index contributed by atoms with van der Waals surface area (Å²) in [6.07, 6.45) is 0.423. The number of phenols is 1. The molecule has 1 aliphatic heterocycles. The van der Waals surface area contributed by atoms with Crippen molar-refractivity contribution in [2.75, 3.05) is 13.7 Å². The lowest BCUT2D eigenvalue weighted by Gasteiger charge is -2.15. The fraction of sp³-hybridized carbons (Fsp3) is 0.417. The van der Waals surface area contributed by atoms with Crippen molar-refractivity contribution in [3.8, 4) is 11.5 Å². The van der Waals surface area contributed by atoms with Crippen LogP contribution in [0, 0.1) is 5.92 Å². The lowest BCUT2D eigenvalue weighted by Crippen LogP contribution is -2.17. The van der Waals surface area contributed by atoms with E-state index in [1.165, 1.54) is 13.2 Å². The second-order valence-corrected chi connectivity index (χ2v) is 4.71. The van der Waals surface area contributed by atoms with Crippen LogP contribution in [0.4, 0.5) is 0 Å². The highest BCUT2D eigenvalue weighted by Crippen LogP contribution is 2.40. The number of nitrogens with one attached hydrogen (secondary N) is 1. The van der Waals surface area contributed by atoms with Gasteiger partial charge in [0.1, 0.15) is 0 Å². The molecule has 0 bridgehead atoms. The van der Waals surface area contributed by atoms with E-state index in [0.29, 0.717) is 23.6 Å². The largest absolute Gasteiger partial charge is 0.504 e. The zero-order chi connectivity index (χ0) is 13.3. The van der Waals surface area contributed by atoms with E-state index in [9.17, 15) is 9.90 Å². The molecule has 2 rings (SSSR count). The minimum absolute atomic E-state index is 0.00504. The van der Waals surface area contributed by atoms with Gasteiger partial charge in [0.15, 0.2) is 11.5 Å². The molecule has 0 amide bonds. The van der Waals surface area contributed by atoms with Crippen LogP contribution in [0.3, 0.4) is 0 Å². The van der Waals surface area contributed by atoms with Crippen LogP contribution < -0.4 is 10.1 Å². The second kappa shape index (κ2) is 5.04. The van der Waals surface area contributed by atoms with E-state index < -0.39 is 11.9 Å². The molecule has 0 spiro atoms. The molecular weight excluding hydrogens is 258 g/mol. The van der Waals surface area contributed by atoms with E-state index in [2.05, 4.69) is 5.32 Å². The normalized spacial score (nSPS) is 23.0. The third kappa shape index (κ3) is 2.37. The summed E-state index contributed by atoms with van der Waals surface area (Å²) in [4.78, 5) is 10.9. The molecule has 1 heterocycles. The predicted molar refractivity (Wildman–Crippen MR) is 66.2 cm³/mol. The van der Waals surface area contributed by atoms with Crippen LogP contribution in [0.5, 0.6) is 11.5 Å². The van der Waals surface area contributed by atoms with Crippen molar-refractivity contribution < 1.29 is 19.7 Å². The topological polar surface area (TPSA) is 78.8 Å². The van der Waals surface area contributed by atoms with Gasteiger partial charge in [-0.05, 0) is 12.5 Å². The lowest BCUT2D eigenvalue weighted by atomic mass is 9.99. The number of methoxy groups -OCH3 is 1. The number of aromatic hydroxyl groups is 1. The zero-order valence-corrected chi connectivity index (χ0v) is 10.6. The molecule has 18 heavy (non-hydrogen) atoms. The van der Waals surface area contributed by atoms with Crippen molar-refractivity contribution in [2.45, 2.75) is 12.5 Å². The summed E-state index contributed by atoms with van der Waals surface area (Å²) in [7, 11) is 1.44. The Kier molecular flexibility index (Phi) is 3.63. The summed E-state index contributed by atoms with van der Waals surface area (Å²) in [5.41, 5.74) is 0.572. The summed E-state index contributed by atoms with van der Waals surface area (Å²) in [6, 6.07) is 2.92. The molecule has 0 aromatic heterocycles. The molecule has 0 radical (unpaired) electrons. The fourth-order valence-corrected chi connectivity index (χ4v) is 2.39. The number of carbonyl (C=O) groups is 1. The zero-order valence-electron chi connectivity index (χ0n) is 9.81. The Labute approximate surface area is 109 Å². The Morgan fingerprint density at radius 2 is 2.28 bits per heavy atom. The van der Waals surface area contributed by atoms with Crippen molar-refractivity contribution in [1.82, 2.24) is 5.32 Å². The molecular formula is C12H14ClNO4. The van der Waals surface area contributed by atoms with Crippen LogP contribution in [0.25, 0.3) is 0 Å². The quantitative estimate of drug-likeness (QED) is 0.781. The van der Waals surface area contributed by atoms with E-state index >= 15 is 0 Å². The van der Waals surface area contributed by atoms with Crippen LogP contribution in [-0.4, -0.2) is 29.8 Å². The predicted octanol–water partition coefficient (Wildman–Crippen LogP) is 1.79. The molecule has 6 heteroatoms. The van der Waals surface area contributed by atoms with Crippen LogP contribution in [0.2, 0.25) is 5.02 Å². The maximum atomic E-state index is 10.9. The molecule has 1 saturated heterocycles. The highest BCUT2D eigenvalue weighted by atomic mass is 35.5. The average Bonchev–Trinajstić information content (AvgIpc) is 2.81. The summed E-state index contributed by atoms with van der Waals surface area (Å²) in [5, 5.41) is 22.5. The standard InChI is InChI=1S/C12H14ClNO4/c1-18-10-4-7(13)3-8(11(10)15)9-2-6(5-14-9)12(16)17/h3-4,6,9,14-15H,2,5H2,1H3,(H,16,17). The maximum absolute atomic E-state index is 10.9. The molecule has 1 aromatic carbocycles. The first-order chi connectivity index (χ1) is 8.52. The summed E-state index contributed by atoms with van der Waals surface area (Å²) in [6.45, 7) is 0.383. The van der Waals surface area contributed by atoms with Gasteiger partial charge in [-0.1, -0.05) is 11.6 Å². The smallest absolute Gasteiger partial charge is 0.307 e. The highest BCUT2D eigenvalue weighted by Gasteiger charge is 2.32. The molecule has 2 unspecified atom stereocenters. The van der Waals surface area contributed by atoms with Crippen molar-refractivity contribution in [1.29, 1.82) is 0 Å². The number of carboxylic acids is 1. The molecule has 2 atom stereocenters. The van der Waals surface area contributed by atoms with Crippen LogP contribution in [-0.2, 0) is 4.79 Å². The van der Waals surface area contributed by atoms with Crippen LogP contribution >= 0.6 is 11.6 Å². The van der Waals surface area contributed by atoms with Crippen molar-refractivity contribution in [3.63, 3.8) is 0 Å². The van der Waals surface area contributed by atoms with E-state index in [0.717, 1.165) is 0 Å². The molecule has 0 saturated carbocycles. The minimum atomic E-state index is -0.835. The Hall–Kier alpha value is -1.46. The summed E-state index contributed by atoms with van der Waals surface area (Å²) >= 11 is 5.94. The SMILES string of the molecule is COc1cc(Cl)cc(C2CC(C(=O)O)CN2)c1O. The number of benzene rings is 1. The number of halogens is 1. The Balaban J connectivity index is 2.29. The maximum Gasteiger partial charge on any atom is 0.307 e. The number of carboxylic acid groups (broad SMARTS) is 1. The average molecular weight is 272 g/mol. The third-order valence-electron chi connectivity index (χ3n) is 3.14. The number of hydrogen-bond donors (Lipinski definition) is 3. The van der Waals surface area contributed by atoms with Gasteiger partial charge >= 0.3 is 5.97 Å². The Morgan fingerprint density at radius 1 is 1.56 bits per heavy atom. The molecule has 98 valence electrons. The molecule has 3 N–H and O–H groups in total. The van der Waals surface area contributed by atoms with E-state index in [1.807, 2.05) is 0 Å². The number of ether oxygens (including phenoxy) is 1. The monoisotopic (exact) mass is 271 g/mol. The van der Waals surface area contributed by atoms with Gasteiger partial charge in [-0.2, -0.15) is 0 Å². The van der Waals surface area contributed by atoms with E-state index in [-0.39, 0.29) is 17.5 Å². The van der Waals surface area contributed by atoms with Crippen molar-refractivity contribution in [3.05, 3.63) is 22.7 Å². The minimum Gasteiger partial charge on any atom is -0.504 e. The van der Waals surface area contributed by atoms with E-state index in [1.54, 1.807) is 6.07 Å². The van der Waals surface area contributed by atoms with E-state index in [4.69, 9.17) is 21.4 Å². The molecule has 5 nitrogen and oxygen atoms in total. The Bertz CT molecular complexity index is 477. The summed E-state index contributed by atoms with van der Waals surface area (Å²) < 4.78 is 5.02. The van der Waals surface area contributed by atoms with Gasteiger partial charge in [-0.3, -0.25) is 4.79 Å². The van der Waals surface area contributed by atoms with Gasteiger partial charge in [-0.25, -0.2) is 0 Å². The van der Waals surface area contributed by atoms with Gasteiger partial charge in [-0.15, -0.1) is 0 Å². The number of phenolic OH excluding ortho intramolecular Hbond substituents is 1. The van der Waals surface area contributed by atoms with Crippen LogP contribution in [0.1, 0.15) is 18.0 Å². The number of aliphatic carboxylic acids is 1. The first-order valence-corrected chi connectivity index (χ1v) is 5.93. The van der Waals surface area contributed by atoms with Gasteiger partial charge in [0.25, 0.3) is 0 Å². The van der Waals surface area contributed by atoms with Gasteiger partial charge in [0, 0.05) is 29.2 Å². The molecule has 1 fully saturated rings. The third-order valence-corrected chi connectivity index (χ3v) is 3.36. The second-order valence-electron chi connectivity index (χ2n) is 4.28. The number of rotatable bonds is 3. The fourth-order valence-electron chi connectivity index (χ4n) is 2.18. The van der Waals surface area contributed by atoms with Gasteiger partial charge in [0.2, 0.25) is 0 Å². The number of hydrogen-bond acceptors (Lipinski definition) is 4. The van der Waals surface area contributed by atoms with Crippen molar-refractivity contribution in [2.24, 2.45) is 5.92 Å². The van der Waals surface area contributed by atoms with Crippen LogP contribution in [0.15, 0.2) is 12.1 Å². The Morgan fingerprint density at radius 3 is 2.83 bits per heavy atom. The lowest BCUT2D eigenvalue weighted by molar-refractivity contribution is -0.141. The summed E-state index contributed by atoms with van der Waals surface area (Å²) in [5.74, 6) is -0.985. The first-order valence-electron chi connectivity index (χ1n) is 5.55. The van der Waals surface area contributed by atoms with Gasteiger partial charge < -0.3 is 20.3 Å². The van der Waals surface area contributed by atoms with Gasteiger partial charge in [0.05, 0.1) is 13.0 Å².